The smallest absolute Gasteiger partial charge is 0.250 e. The van der Waals surface area contributed by atoms with Gasteiger partial charge in [-0.15, -0.1) is 10.2 Å². The molecule has 30 heavy (non-hydrogen) atoms. The molecule has 0 saturated carbocycles. The number of benzene rings is 1. The van der Waals surface area contributed by atoms with Crippen molar-refractivity contribution in [2.75, 3.05) is 24.7 Å². The van der Waals surface area contributed by atoms with Gasteiger partial charge in [-0.2, -0.15) is 5.10 Å². The Hall–Kier alpha value is -1.85. The van der Waals surface area contributed by atoms with E-state index in [-0.39, 0.29) is 11.7 Å². The van der Waals surface area contributed by atoms with Crippen LogP contribution in [0.3, 0.4) is 0 Å². The molecule has 0 spiro atoms. The van der Waals surface area contributed by atoms with E-state index in [0.29, 0.717) is 34.2 Å². The highest BCUT2D eigenvalue weighted by atomic mass is 79.9. The zero-order valence-corrected chi connectivity index (χ0v) is 20.2. The van der Waals surface area contributed by atoms with Crippen molar-refractivity contribution in [2.24, 2.45) is 5.10 Å². The van der Waals surface area contributed by atoms with E-state index < -0.39 is 0 Å². The first kappa shape index (κ1) is 24.4. The van der Waals surface area contributed by atoms with Crippen molar-refractivity contribution in [3.63, 3.8) is 0 Å². The van der Waals surface area contributed by atoms with Crippen LogP contribution in [-0.4, -0.2) is 41.3 Å². The van der Waals surface area contributed by atoms with Crippen LogP contribution in [-0.2, 0) is 4.79 Å². The van der Waals surface area contributed by atoms with Gasteiger partial charge in [-0.1, -0.05) is 49.3 Å². The fourth-order valence-electron chi connectivity index (χ4n) is 2.39. The number of nitrogens with one attached hydrogen (secondary N) is 1. The SMILES string of the molecule is CCCCCCOc1c(Br)cc(C=NNC(=O)CSc2nnc(N)s2)cc1OCC. The summed E-state index contributed by atoms with van der Waals surface area (Å²) in [6, 6.07) is 3.71. The predicted molar refractivity (Wildman–Crippen MR) is 126 cm³/mol. The third-order valence-electron chi connectivity index (χ3n) is 3.73. The topological polar surface area (TPSA) is 112 Å². The van der Waals surface area contributed by atoms with Crippen LogP contribution >= 0.6 is 39.0 Å². The predicted octanol–water partition coefficient (Wildman–Crippen LogP) is 4.48. The van der Waals surface area contributed by atoms with Gasteiger partial charge in [0.15, 0.2) is 15.8 Å². The number of hydrogen-bond donors (Lipinski definition) is 2. The fraction of sp³-hybridized carbons (Fsp3) is 0.474. The van der Waals surface area contributed by atoms with Gasteiger partial charge >= 0.3 is 0 Å². The first-order chi connectivity index (χ1) is 14.5. The molecule has 0 saturated heterocycles. The Kier molecular flexibility index (Phi) is 11.0. The molecule has 0 aliphatic carbocycles. The summed E-state index contributed by atoms with van der Waals surface area (Å²) in [5, 5.41) is 11.9. The van der Waals surface area contributed by atoms with Gasteiger partial charge in [0.25, 0.3) is 5.91 Å². The lowest BCUT2D eigenvalue weighted by Gasteiger charge is -2.14. The first-order valence-electron chi connectivity index (χ1n) is 9.66. The fourth-order valence-corrected chi connectivity index (χ4v) is 4.39. The van der Waals surface area contributed by atoms with Crippen molar-refractivity contribution in [1.82, 2.24) is 15.6 Å². The highest BCUT2D eigenvalue weighted by Gasteiger charge is 2.12. The van der Waals surface area contributed by atoms with E-state index in [1.807, 2.05) is 19.1 Å². The molecule has 11 heteroatoms. The van der Waals surface area contributed by atoms with Gasteiger partial charge in [-0.3, -0.25) is 4.79 Å². The van der Waals surface area contributed by atoms with Crippen LogP contribution in [0.2, 0.25) is 0 Å². The average molecular weight is 516 g/mol. The minimum absolute atomic E-state index is 0.171. The monoisotopic (exact) mass is 515 g/mol. The molecule has 0 radical (unpaired) electrons. The van der Waals surface area contributed by atoms with Gasteiger partial charge in [0.05, 0.1) is 29.7 Å². The summed E-state index contributed by atoms with van der Waals surface area (Å²) in [6.07, 6.45) is 6.10. The van der Waals surface area contributed by atoms with Crippen molar-refractivity contribution in [3.8, 4) is 11.5 Å². The molecule has 0 unspecified atom stereocenters. The van der Waals surface area contributed by atoms with Crippen molar-refractivity contribution in [3.05, 3.63) is 22.2 Å². The lowest BCUT2D eigenvalue weighted by atomic mass is 10.2. The Morgan fingerprint density at radius 2 is 2.13 bits per heavy atom. The highest BCUT2D eigenvalue weighted by molar-refractivity contribution is 9.10. The molecule has 1 aromatic carbocycles. The lowest BCUT2D eigenvalue weighted by Crippen LogP contribution is -2.19. The molecule has 0 bridgehead atoms. The molecule has 164 valence electrons. The number of amides is 1. The number of ether oxygens (including phenoxy) is 2. The number of hydrogen-bond acceptors (Lipinski definition) is 9. The molecule has 1 heterocycles. The van der Waals surface area contributed by atoms with Crippen LogP contribution in [0.25, 0.3) is 0 Å². The van der Waals surface area contributed by atoms with Gasteiger partial charge < -0.3 is 15.2 Å². The number of nitrogens with two attached hydrogens (primary N) is 1. The van der Waals surface area contributed by atoms with Crippen LogP contribution in [0.15, 0.2) is 26.0 Å². The molecular formula is C19H26BrN5O3S2. The number of carbonyl (C=O) groups excluding carboxylic acids is 1. The number of unbranched alkanes of at least 4 members (excludes halogenated alkanes) is 3. The maximum atomic E-state index is 11.9. The second-order valence-electron chi connectivity index (χ2n) is 6.16. The minimum atomic E-state index is -0.249. The summed E-state index contributed by atoms with van der Waals surface area (Å²) < 4.78 is 13.1. The summed E-state index contributed by atoms with van der Waals surface area (Å²) in [6.45, 7) is 5.26. The van der Waals surface area contributed by atoms with Gasteiger partial charge in [-0.25, -0.2) is 5.43 Å². The van der Waals surface area contributed by atoms with Crippen LogP contribution in [0, 0.1) is 0 Å². The lowest BCUT2D eigenvalue weighted by molar-refractivity contribution is -0.118. The summed E-state index contributed by atoms with van der Waals surface area (Å²) in [5.74, 6) is 1.24. The molecule has 1 amide bonds. The van der Waals surface area contributed by atoms with E-state index in [1.165, 1.54) is 35.9 Å². The summed E-state index contributed by atoms with van der Waals surface area (Å²) >= 11 is 6.04. The van der Waals surface area contributed by atoms with Gasteiger partial charge in [-0.05, 0) is 47.0 Å². The van der Waals surface area contributed by atoms with Gasteiger partial charge in [0.1, 0.15) is 0 Å². The first-order valence-corrected chi connectivity index (χ1v) is 12.3. The molecule has 8 nitrogen and oxygen atoms in total. The summed E-state index contributed by atoms with van der Waals surface area (Å²) in [7, 11) is 0. The third-order valence-corrected chi connectivity index (χ3v) is 6.20. The molecule has 2 aromatic rings. The largest absolute Gasteiger partial charge is 0.490 e. The number of rotatable bonds is 13. The average Bonchev–Trinajstić information content (AvgIpc) is 3.13. The minimum Gasteiger partial charge on any atom is -0.490 e. The Balaban J connectivity index is 1.91. The number of carbonyl (C=O) groups is 1. The number of aromatic nitrogens is 2. The molecule has 0 atom stereocenters. The summed E-state index contributed by atoms with van der Waals surface area (Å²) in [4.78, 5) is 11.9. The third kappa shape index (κ3) is 8.49. The molecule has 0 aliphatic heterocycles. The standard InChI is InChI=1S/C19H26BrN5O3S2/c1-3-5-6-7-8-28-17-14(20)9-13(10-15(17)27-4-2)11-22-23-16(26)12-29-19-25-24-18(21)30-19/h9-11H,3-8,12H2,1-2H3,(H2,21,24)(H,23,26). The zero-order chi connectivity index (χ0) is 21.8. The van der Waals surface area contributed by atoms with Crippen molar-refractivity contribution >= 4 is 56.3 Å². The molecular weight excluding hydrogens is 490 g/mol. The summed E-state index contributed by atoms with van der Waals surface area (Å²) in [5.41, 5.74) is 8.78. The van der Waals surface area contributed by atoms with E-state index >= 15 is 0 Å². The highest BCUT2D eigenvalue weighted by Crippen LogP contribution is 2.36. The second kappa shape index (κ2) is 13.5. The number of thioether (sulfide) groups is 1. The number of hydrazone groups is 1. The Labute approximate surface area is 193 Å². The van der Waals surface area contributed by atoms with Gasteiger partial charge in [0.2, 0.25) is 5.13 Å². The van der Waals surface area contributed by atoms with Crippen molar-refractivity contribution in [2.45, 2.75) is 43.9 Å². The molecule has 3 N–H and O–H groups in total. The molecule has 1 aromatic heterocycles. The second-order valence-corrected chi connectivity index (χ2v) is 9.25. The molecule has 0 aliphatic rings. The Morgan fingerprint density at radius 3 is 2.83 bits per heavy atom. The van der Waals surface area contributed by atoms with Crippen LogP contribution in [0.1, 0.15) is 45.1 Å². The van der Waals surface area contributed by atoms with E-state index in [4.69, 9.17) is 15.2 Å². The Morgan fingerprint density at radius 1 is 1.30 bits per heavy atom. The number of halogens is 1. The quantitative estimate of drug-likeness (QED) is 0.175. The van der Waals surface area contributed by atoms with Crippen LogP contribution < -0.4 is 20.6 Å². The van der Waals surface area contributed by atoms with Crippen molar-refractivity contribution in [1.29, 1.82) is 0 Å². The number of nitrogens with zero attached hydrogens (tertiary/aromatic N) is 3. The number of anilines is 1. The van der Waals surface area contributed by atoms with E-state index in [9.17, 15) is 4.79 Å². The maximum absolute atomic E-state index is 11.9. The van der Waals surface area contributed by atoms with E-state index in [2.05, 4.69) is 43.6 Å². The van der Waals surface area contributed by atoms with Crippen LogP contribution in [0.5, 0.6) is 11.5 Å². The number of nitrogen functional groups attached to an aromatic ring is 1. The zero-order valence-electron chi connectivity index (χ0n) is 17.0. The van der Waals surface area contributed by atoms with Gasteiger partial charge in [0, 0.05) is 0 Å². The molecule has 2 rings (SSSR count). The Bertz CT molecular complexity index is 848. The normalized spacial score (nSPS) is 11.0. The van der Waals surface area contributed by atoms with Crippen molar-refractivity contribution < 1.29 is 14.3 Å². The van der Waals surface area contributed by atoms with Crippen LogP contribution in [0.4, 0.5) is 5.13 Å². The van der Waals surface area contributed by atoms with E-state index in [0.717, 1.165) is 22.9 Å². The van der Waals surface area contributed by atoms with E-state index in [1.54, 1.807) is 6.21 Å². The maximum Gasteiger partial charge on any atom is 0.250 e. The molecule has 0 fully saturated rings.